The largest absolute Gasteiger partial charge is 0.462 e. The maximum Gasteiger partial charge on any atom is 0.344 e. The van der Waals surface area contributed by atoms with Gasteiger partial charge in [0.1, 0.15) is 15.7 Å². The highest BCUT2D eigenvalue weighted by atomic mass is 35.5. The summed E-state index contributed by atoms with van der Waals surface area (Å²) in [5, 5.41) is 0.350. The third kappa shape index (κ3) is 3.62. The summed E-state index contributed by atoms with van der Waals surface area (Å²) < 4.78 is 4.97. The Morgan fingerprint density at radius 1 is 1.25 bits per heavy atom. The van der Waals surface area contributed by atoms with E-state index in [0.29, 0.717) is 5.03 Å². The minimum absolute atomic E-state index is 0.0121. The summed E-state index contributed by atoms with van der Waals surface area (Å²) in [7, 11) is 0. The van der Waals surface area contributed by atoms with E-state index in [1.807, 2.05) is 30.3 Å². The lowest BCUT2D eigenvalue weighted by Crippen LogP contribution is -2.09. The number of hydrogen-bond acceptors (Lipinski definition) is 5. The Morgan fingerprint density at radius 2 is 1.95 bits per heavy atom. The molecular weight excluding hydrogens is 319 g/mol. The molecular formula is C13H10Cl2N2O2S. The summed E-state index contributed by atoms with van der Waals surface area (Å²) in [5.41, 5.74) is 0.131. The van der Waals surface area contributed by atoms with Crippen LogP contribution in [0, 0.1) is 0 Å². The second kappa shape index (κ2) is 6.92. The van der Waals surface area contributed by atoms with Gasteiger partial charge in [0.15, 0.2) is 0 Å². The molecule has 0 atom stereocenters. The molecule has 1 aromatic carbocycles. The Labute approximate surface area is 130 Å². The van der Waals surface area contributed by atoms with Crippen LogP contribution in [-0.4, -0.2) is 22.5 Å². The van der Waals surface area contributed by atoms with Gasteiger partial charge in [0.25, 0.3) is 0 Å². The van der Waals surface area contributed by atoms with Gasteiger partial charge in [-0.3, -0.25) is 0 Å². The maximum absolute atomic E-state index is 11.9. The van der Waals surface area contributed by atoms with Crippen molar-refractivity contribution < 1.29 is 9.53 Å². The molecule has 0 bridgehead atoms. The lowest BCUT2D eigenvalue weighted by atomic mass is 10.3. The van der Waals surface area contributed by atoms with Crippen LogP contribution >= 0.6 is 35.0 Å². The summed E-state index contributed by atoms with van der Waals surface area (Å²) >= 11 is 13.1. The molecule has 0 aliphatic rings. The van der Waals surface area contributed by atoms with E-state index < -0.39 is 5.97 Å². The summed E-state index contributed by atoms with van der Waals surface area (Å²) in [6, 6.07) is 9.46. The van der Waals surface area contributed by atoms with Crippen molar-refractivity contribution in [3.8, 4) is 0 Å². The van der Waals surface area contributed by atoms with Gasteiger partial charge in [0.2, 0.25) is 5.28 Å². The van der Waals surface area contributed by atoms with Crippen molar-refractivity contribution in [1.82, 2.24) is 9.97 Å². The molecule has 0 spiro atoms. The molecule has 1 heterocycles. The van der Waals surface area contributed by atoms with Gasteiger partial charge < -0.3 is 4.74 Å². The molecule has 0 saturated heterocycles. The quantitative estimate of drug-likeness (QED) is 0.480. The van der Waals surface area contributed by atoms with Crippen molar-refractivity contribution in [2.24, 2.45) is 0 Å². The van der Waals surface area contributed by atoms with Gasteiger partial charge in [0, 0.05) is 4.90 Å². The third-order valence-electron chi connectivity index (χ3n) is 2.24. The van der Waals surface area contributed by atoms with Gasteiger partial charge in [-0.15, -0.1) is 0 Å². The zero-order valence-electron chi connectivity index (χ0n) is 10.5. The fraction of sp³-hybridized carbons (Fsp3) is 0.154. The Kier molecular flexibility index (Phi) is 5.23. The first kappa shape index (κ1) is 15.1. The monoisotopic (exact) mass is 328 g/mol. The van der Waals surface area contributed by atoms with Crippen LogP contribution in [-0.2, 0) is 4.74 Å². The predicted molar refractivity (Wildman–Crippen MR) is 78.6 cm³/mol. The number of halogens is 2. The zero-order valence-corrected chi connectivity index (χ0v) is 12.8. The van der Waals surface area contributed by atoms with Crippen molar-refractivity contribution in [3.63, 3.8) is 0 Å². The van der Waals surface area contributed by atoms with E-state index in [0.717, 1.165) is 4.90 Å². The molecule has 0 fully saturated rings. The molecule has 2 aromatic rings. The van der Waals surface area contributed by atoms with Crippen LogP contribution in [0.4, 0.5) is 0 Å². The van der Waals surface area contributed by atoms with Crippen LogP contribution in [0.1, 0.15) is 17.3 Å². The van der Waals surface area contributed by atoms with Gasteiger partial charge in [-0.2, -0.15) is 0 Å². The highest BCUT2D eigenvalue weighted by Crippen LogP contribution is 2.32. The predicted octanol–water partition coefficient (Wildman–Crippen LogP) is 4.11. The summed E-state index contributed by atoms with van der Waals surface area (Å²) in [6.45, 7) is 1.96. The highest BCUT2D eigenvalue weighted by Gasteiger charge is 2.21. The van der Waals surface area contributed by atoms with Gasteiger partial charge in [-0.25, -0.2) is 14.8 Å². The molecule has 1 aromatic heterocycles. The molecule has 7 heteroatoms. The van der Waals surface area contributed by atoms with E-state index in [4.69, 9.17) is 27.9 Å². The molecule has 0 amide bonds. The van der Waals surface area contributed by atoms with E-state index in [-0.39, 0.29) is 22.6 Å². The van der Waals surface area contributed by atoms with Gasteiger partial charge in [-0.1, -0.05) is 41.6 Å². The normalized spacial score (nSPS) is 10.3. The molecule has 2 rings (SSSR count). The first-order valence-electron chi connectivity index (χ1n) is 5.75. The number of carbonyl (C=O) groups is 1. The van der Waals surface area contributed by atoms with Crippen molar-refractivity contribution in [2.75, 3.05) is 6.61 Å². The minimum Gasteiger partial charge on any atom is -0.462 e. The van der Waals surface area contributed by atoms with Gasteiger partial charge in [-0.05, 0) is 30.7 Å². The van der Waals surface area contributed by atoms with Crippen molar-refractivity contribution in [3.05, 3.63) is 46.3 Å². The SMILES string of the molecule is CCOC(=O)c1c(Cl)nc(Cl)nc1Sc1ccccc1. The fourth-order valence-electron chi connectivity index (χ4n) is 1.44. The Balaban J connectivity index is 2.42. The first-order valence-corrected chi connectivity index (χ1v) is 7.32. The minimum atomic E-state index is -0.562. The van der Waals surface area contributed by atoms with Crippen LogP contribution in [0.2, 0.25) is 10.4 Å². The van der Waals surface area contributed by atoms with E-state index in [1.165, 1.54) is 11.8 Å². The van der Waals surface area contributed by atoms with E-state index in [2.05, 4.69) is 9.97 Å². The molecule has 0 saturated carbocycles. The smallest absolute Gasteiger partial charge is 0.344 e. The topological polar surface area (TPSA) is 52.1 Å². The molecule has 0 aliphatic carbocycles. The second-order valence-corrected chi connectivity index (χ2v) is 5.36. The van der Waals surface area contributed by atoms with Gasteiger partial charge in [0.05, 0.1) is 6.61 Å². The molecule has 104 valence electrons. The van der Waals surface area contributed by atoms with Crippen molar-refractivity contribution >= 4 is 40.9 Å². The van der Waals surface area contributed by atoms with Crippen molar-refractivity contribution in [2.45, 2.75) is 16.8 Å². The number of benzene rings is 1. The van der Waals surface area contributed by atoms with Crippen LogP contribution < -0.4 is 0 Å². The summed E-state index contributed by atoms with van der Waals surface area (Å²) in [4.78, 5) is 20.7. The fourth-order valence-corrected chi connectivity index (χ4v) is 2.93. The van der Waals surface area contributed by atoms with Crippen LogP contribution in [0.3, 0.4) is 0 Å². The van der Waals surface area contributed by atoms with Crippen LogP contribution in [0.25, 0.3) is 0 Å². The Morgan fingerprint density at radius 3 is 2.60 bits per heavy atom. The first-order chi connectivity index (χ1) is 9.61. The van der Waals surface area contributed by atoms with Crippen LogP contribution in [0.5, 0.6) is 0 Å². The lowest BCUT2D eigenvalue weighted by molar-refractivity contribution is 0.0521. The standard InChI is InChI=1S/C13H10Cl2N2O2S/c1-2-19-12(18)9-10(14)16-13(15)17-11(9)20-8-6-4-3-5-7-8/h3-7H,2H2,1H3. The average molecular weight is 329 g/mol. The second-order valence-electron chi connectivity index (χ2n) is 3.60. The highest BCUT2D eigenvalue weighted by molar-refractivity contribution is 7.99. The maximum atomic E-state index is 11.9. The molecule has 0 N–H and O–H groups in total. The number of carbonyl (C=O) groups excluding carboxylic acids is 1. The van der Waals surface area contributed by atoms with E-state index in [1.54, 1.807) is 6.92 Å². The van der Waals surface area contributed by atoms with E-state index in [9.17, 15) is 4.79 Å². The summed E-state index contributed by atoms with van der Waals surface area (Å²) in [6.07, 6.45) is 0. The number of ether oxygens (including phenoxy) is 1. The third-order valence-corrected chi connectivity index (χ3v) is 3.68. The Bertz CT molecular complexity index is 623. The molecule has 0 aliphatic heterocycles. The average Bonchev–Trinajstić information content (AvgIpc) is 2.39. The Hall–Kier alpha value is -1.30. The number of rotatable bonds is 4. The van der Waals surface area contributed by atoms with Crippen LogP contribution in [0.15, 0.2) is 40.3 Å². The molecule has 0 radical (unpaired) electrons. The molecule has 0 unspecified atom stereocenters. The number of hydrogen-bond donors (Lipinski definition) is 0. The lowest BCUT2D eigenvalue weighted by Gasteiger charge is -2.09. The number of nitrogens with zero attached hydrogens (tertiary/aromatic N) is 2. The zero-order chi connectivity index (χ0) is 14.5. The van der Waals surface area contributed by atoms with Crippen molar-refractivity contribution in [1.29, 1.82) is 0 Å². The molecule has 4 nitrogen and oxygen atoms in total. The number of aromatic nitrogens is 2. The molecule has 20 heavy (non-hydrogen) atoms. The summed E-state index contributed by atoms with van der Waals surface area (Å²) in [5.74, 6) is -0.562. The van der Waals surface area contributed by atoms with Gasteiger partial charge >= 0.3 is 5.97 Å². The van der Waals surface area contributed by atoms with E-state index >= 15 is 0 Å². The number of esters is 1.